The number of likely N-dealkylation sites (N-methyl/N-ethyl adjacent to an activating group) is 1. The zero-order valence-electron chi connectivity index (χ0n) is 15.0. The normalized spacial score (nSPS) is 12.5. The fraction of sp³-hybridized carbons (Fsp3) is 0.350. The van der Waals surface area contributed by atoms with E-state index in [2.05, 4.69) is 41.0 Å². The summed E-state index contributed by atoms with van der Waals surface area (Å²) >= 11 is 0. The van der Waals surface area contributed by atoms with Crippen molar-refractivity contribution in [2.45, 2.75) is 32.9 Å². The largest absolute Gasteiger partial charge is 0.494 e. The van der Waals surface area contributed by atoms with Crippen molar-refractivity contribution in [1.82, 2.24) is 19.9 Å². The molecule has 1 atom stereocenters. The van der Waals surface area contributed by atoms with Gasteiger partial charge in [-0.2, -0.15) is 0 Å². The van der Waals surface area contributed by atoms with Gasteiger partial charge < -0.3 is 4.74 Å². The van der Waals surface area contributed by atoms with Gasteiger partial charge in [-0.25, -0.2) is 0 Å². The minimum atomic E-state index is 0.356. The lowest BCUT2D eigenvalue weighted by atomic mass is 10.1. The highest BCUT2D eigenvalue weighted by Gasteiger charge is 2.12. The Morgan fingerprint density at radius 3 is 2.76 bits per heavy atom. The summed E-state index contributed by atoms with van der Waals surface area (Å²) in [6, 6.07) is 10.6. The molecule has 5 nitrogen and oxygen atoms in total. The van der Waals surface area contributed by atoms with E-state index in [9.17, 15) is 0 Å². The molecule has 0 amide bonds. The molecule has 0 aliphatic rings. The van der Waals surface area contributed by atoms with E-state index < -0.39 is 0 Å². The first kappa shape index (κ1) is 17.3. The van der Waals surface area contributed by atoms with Gasteiger partial charge in [-0.15, -0.1) is 0 Å². The SMILES string of the molecule is CCOc1ccc2nc(CN(C)[C@@H](C)Cc3cnccn3)ccc2c1. The Kier molecular flexibility index (Phi) is 5.56. The highest BCUT2D eigenvalue weighted by atomic mass is 16.5. The molecule has 0 unspecified atom stereocenters. The Morgan fingerprint density at radius 1 is 1.12 bits per heavy atom. The molecule has 2 aromatic heterocycles. The van der Waals surface area contributed by atoms with Crippen LogP contribution < -0.4 is 4.74 Å². The summed E-state index contributed by atoms with van der Waals surface area (Å²) in [5, 5.41) is 1.10. The van der Waals surface area contributed by atoms with E-state index >= 15 is 0 Å². The van der Waals surface area contributed by atoms with Crippen LogP contribution in [-0.4, -0.2) is 39.5 Å². The maximum absolute atomic E-state index is 5.55. The summed E-state index contributed by atoms with van der Waals surface area (Å²) in [6.45, 7) is 5.66. The molecule has 0 aliphatic carbocycles. The number of fused-ring (bicyclic) bond motifs is 1. The van der Waals surface area contributed by atoms with Crippen molar-refractivity contribution < 1.29 is 4.74 Å². The predicted molar refractivity (Wildman–Crippen MR) is 99.6 cm³/mol. The number of hydrogen-bond acceptors (Lipinski definition) is 5. The minimum Gasteiger partial charge on any atom is -0.494 e. The summed E-state index contributed by atoms with van der Waals surface area (Å²) in [4.78, 5) is 15.6. The maximum atomic E-state index is 5.55. The van der Waals surface area contributed by atoms with Gasteiger partial charge >= 0.3 is 0 Å². The molecule has 25 heavy (non-hydrogen) atoms. The van der Waals surface area contributed by atoms with Gasteiger partial charge in [0.25, 0.3) is 0 Å². The van der Waals surface area contributed by atoms with E-state index in [0.29, 0.717) is 12.6 Å². The van der Waals surface area contributed by atoms with Crippen molar-refractivity contribution >= 4 is 10.9 Å². The molecular weight excluding hydrogens is 312 g/mol. The molecule has 0 spiro atoms. The highest BCUT2D eigenvalue weighted by Crippen LogP contribution is 2.20. The lowest BCUT2D eigenvalue weighted by Gasteiger charge is -2.24. The Hall–Kier alpha value is -2.53. The minimum absolute atomic E-state index is 0.356. The monoisotopic (exact) mass is 336 g/mol. The van der Waals surface area contributed by atoms with Crippen molar-refractivity contribution in [2.24, 2.45) is 0 Å². The number of benzene rings is 1. The van der Waals surface area contributed by atoms with Gasteiger partial charge in [-0.3, -0.25) is 19.9 Å². The van der Waals surface area contributed by atoms with Crippen LogP contribution in [0, 0.1) is 0 Å². The number of aromatic nitrogens is 3. The zero-order valence-corrected chi connectivity index (χ0v) is 15.0. The second-order valence-corrected chi connectivity index (χ2v) is 6.26. The van der Waals surface area contributed by atoms with Gasteiger partial charge in [0.2, 0.25) is 0 Å². The van der Waals surface area contributed by atoms with Gasteiger partial charge in [0, 0.05) is 43.0 Å². The number of pyridine rings is 1. The fourth-order valence-corrected chi connectivity index (χ4v) is 2.80. The van der Waals surface area contributed by atoms with Crippen LogP contribution in [0.4, 0.5) is 0 Å². The topological polar surface area (TPSA) is 51.1 Å². The zero-order chi connectivity index (χ0) is 17.6. The van der Waals surface area contributed by atoms with Crippen molar-refractivity contribution in [2.75, 3.05) is 13.7 Å². The van der Waals surface area contributed by atoms with E-state index in [-0.39, 0.29) is 0 Å². The fourth-order valence-electron chi connectivity index (χ4n) is 2.80. The van der Waals surface area contributed by atoms with Crippen LogP contribution >= 0.6 is 0 Å². The van der Waals surface area contributed by atoms with E-state index in [1.807, 2.05) is 31.3 Å². The van der Waals surface area contributed by atoms with Crippen LogP contribution in [-0.2, 0) is 13.0 Å². The predicted octanol–water partition coefficient (Wildman–Crippen LogP) is 3.49. The molecule has 3 aromatic rings. The standard InChI is InChI=1S/C20H24N4O/c1-4-25-19-7-8-20-16(12-19)5-6-17(23-20)14-24(3)15(2)11-18-13-21-9-10-22-18/h5-10,12-13,15H,4,11,14H2,1-3H3/t15-/m0/s1. The molecule has 3 rings (SSSR count). The van der Waals surface area contributed by atoms with Crippen molar-refractivity contribution in [3.63, 3.8) is 0 Å². The number of ether oxygens (including phenoxy) is 1. The van der Waals surface area contributed by atoms with Crippen LogP contribution in [0.15, 0.2) is 48.9 Å². The molecule has 5 heteroatoms. The molecule has 130 valence electrons. The van der Waals surface area contributed by atoms with Gasteiger partial charge in [0.15, 0.2) is 0 Å². The first-order valence-corrected chi connectivity index (χ1v) is 8.63. The summed E-state index contributed by atoms with van der Waals surface area (Å²) < 4.78 is 5.55. The Balaban J connectivity index is 1.68. The molecule has 1 aromatic carbocycles. The van der Waals surface area contributed by atoms with Crippen molar-refractivity contribution in [3.8, 4) is 5.75 Å². The van der Waals surface area contributed by atoms with E-state index in [0.717, 1.165) is 41.0 Å². The molecule has 0 saturated carbocycles. The highest BCUT2D eigenvalue weighted by molar-refractivity contribution is 5.80. The van der Waals surface area contributed by atoms with Gasteiger partial charge in [0.1, 0.15) is 5.75 Å². The molecule has 0 fully saturated rings. The van der Waals surface area contributed by atoms with Gasteiger partial charge in [-0.05, 0) is 45.2 Å². The molecular formula is C20H24N4O. The molecule has 0 radical (unpaired) electrons. The summed E-state index contributed by atoms with van der Waals surface area (Å²) in [5.74, 6) is 0.888. The third-order valence-electron chi connectivity index (χ3n) is 4.31. The lowest BCUT2D eigenvalue weighted by molar-refractivity contribution is 0.244. The molecule has 2 heterocycles. The lowest BCUT2D eigenvalue weighted by Crippen LogP contribution is -2.31. The quantitative estimate of drug-likeness (QED) is 0.661. The molecule has 0 N–H and O–H groups in total. The second kappa shape index (κ2) is 8.03. The average Bonchev–Trinajstić information content (AvgIpc) is 2.63. The van der Waals surface area contributed by atoms with E-state index in [1.54, 1.807) is 12.4 Å². The molecule has 0 saturated heterocycles. The van der Waals surface area contributed by atoms with Crippen LogP contribution in [0.2, 0.25) is 0 Å². The average molecular weight is 336 g/mol. The summed E-state index contributed by atoms with van der Waals surface area (Å²) in [7, 11) is 2.12. The molecule has 0 bridgehead atoms. The first-order valence-electron chi connectivity index (χ1n) is 8.63. The summed E-state index contributed by atoms with van der Waals surface area (Å²) in [5.41, 5.74) is 3.07. The van der Waals surface area contributed by atoms with Crippen LogP contribution in [0.1, 0.15) is 25.2 Å². The van der Waals surface area contributed by atoms with Crippen molar-refractivity contribution in [3.05, 3.63) is 60.3 Å². The summed E-state index contributed by atoms with van der Waals surface area (Å²) in [6.07, 6.45) is 6.14. The third kappa shape index (κ3) is 4.51. The number of nitrogens with zero attached hydrogens (tertiary/aromatic N) is 4. The maximum Gasteiger partial charge on any atom is 0.120 e. The first-order chi connectivity index (χ1) is 12.2. The van der Waals surface area contributed by atoms with Gasteiger partial charge in [0.05, 0.1) is 23.5 Å². The van der Waals surface area contributed by atoms with Gasteiger partial charge in [-0.1, -0.05) is 6.07 Å². The van der Waals surface area contributed by atoms with Crippen LogP contribution in [0.3, 0.4) is 0 Å². The second-order valence-electron chi connectivity index (χ2n) is 6.26. The molecule has 0 aliphatic heterocycles. The smallest absolute Gasteiger partial charge is 0.120 e. The Morgan fingerprint density at radius 2 is 2.00 bits per heavy atom. The Bertz CT molecular complexity index is 822. The van der Waals surface area contributed by atoms with Crippen molar-refractivity contribution in [1.29, 1.82) is 0 Å². The third-order valence-corrected chi connectivity index (χ3v) is 4.31. The Labute approximate surface area is 148 Å². The number of hydrogen-bond donors (Lipinski definition) is 0. The van der Waals surface area contributed by atoms with E-state index in [1.165, 1.54) is 0 Å². The van der Waals surface area contributed by atoms with E-state index in [4.69, 9.17) is 9.72 Å². The van der Waals surface area contributed by atoms with Crippen LogP contribution in [0.5, 0.6) is 5.75 Å². The number of rotatable bonds is 7. The van der Waals surface area contributed by atoms with Crippen LogP contribution in [0.25, 0.3) is 10.9 Å².